The first-order valence-electron chi connectivity index (χ1n) is 6.18. The number of rotatable bonds is 4. The van der Waals surface area contributed by atoms with Crippen LogP contribution in [0.5, 0.6) is 0 Å². The molecule has 0 aliphatic carbocycles. The van der Waals surface area contributed by atoms with Gasteiger partial charge < -0.3 is 0 Å². The van der Waals surface area contributed by atoms with Gasteiger partial charge in [0.05, 0.1) is 12.7 Å². The highest BCUT2D eigenvalue weighted by molar-refractivity contribution is 7.09. The number of carbonyl (C=O) groups excluding carboxylic acids is 1. The standard InChI is InChI=1S/C13H14ClN3OS/c14-7-10-6-13(18)16(8-10)12-3-4-15-17(12)9-11-2-1-5-19-11/h1-5,10H,6-9H2. The summed E-state index contributed by atoms with van der Waals surface area (Å²) in [6, 6.07) is 5.99. The first-order chi connectivity index (χ1) is 9.28. The number of alkyl halides is 1. The van der Waals surface area contributed by atoms with Crippen LogP contribution in [0.15, 0.2) is 29.8 Å². The predicted octanol–water partition coefficient (Wildman–Crippen LogP) is 2.58. The van der Waals surface area contributed by atoms with Gasteiger partial charge in [0, 0.05) is 29.8 Å². The first-order valence-corrected chi connectivity index (χ1v) is 7.60. The summed E-state index contributed by atoms with van der Waals surface area (Å²) in [4.78, 5) is 15.1. The summed E-state index contributed by atoms with van der Waals surface area (Å²) in [6.45, 7) is 1.40. The largest absolute Gasteiger partial charge is 0.297 e. The van der Waals surface area contributed by atoms with E-state index in [0.29, 0.717) is 25.4 Å². The third-order valence-electron chi connectivity index (χ3n) is 3.28. The fourth-order valence-electron chi connectivity index (χ4n) is 2.33. The van der Waals surface area contributed by atoms with Crippen molar-refractivity contribution >= 4 is 34.7 Å². The lowest BCUT2D eigenvalue weighted by Gasteiger charge is -2.17. The quantitative estimate of drug-likeness (QED) is 0.813. The molecular formula is C13H14ClN3OS. The van der Waals surface area contributed by atoms with Crippen LogP contribution in [0.1, 0.15) is 11.3 Å². The Labute approximate surface area is 120 Å². The third-order valence-corrected chi connectivity index (χ3v) is 4.58. The van der Waals surface area contributed by atoms with E-state index in [-0.39, 0.29) is 11.8 Å². The molecule has 1 aliphatic heterocycles. The van der Waals surface area contributed by atoms with Crippen molar-refractivity contribution in [2.45, 2.75) is 13.0 Å². The predicted molar refractivity (Wildman–Crippen MR) is 76.8 cm³/mol. The van der Waals surface area contributed by atoms with Crippen molar-refractivity contribution in [3.05, 3.63) is 34.7 Å². The molecule has 0 saturated carbocycles. The Balaban J connectivity index is 1.82. The van der Waals surface area contributed by atoms with E-state index in [1.165, 1.54) is 4.88 Å². The van der Waals surface area contributed by atoms with Gasteiger partial charge in [-0.2, -0.15) is 5.10 Å². The Bertz CT molecular complexity index is 566. The van der Waals surface area contributed by atoms with Gasteiger partial charge >= 0.3 is 0 Å². The van der Waals surface area contributed by atoms with Crippen LogP contribution in [0, 0.1) is 5.92 Å². The van der Waals surface area contributed by atoms with E-state index >= 15 is 0 Å². The second-order valence-electron chi connectivity index (χ2n) is 4.66. The van der Waals surface area contributed by atoms with Crippen LogP contribution in [-0.2, 0) is 11.3 Å². The number of carbonyl (C=O) groups is 1. The molecule has 3 rings (SSSR count). The minimum Gasteiger partial charge on any atom is -0.297 e. The molecule has 1 amide bonds. The normalized spacial score (nSPS) is 19.3. The molecule has 1 aliphatic rings. The minimum absolute atomic E-state index is 0.138. The summed E-state index contributed by atoms with van der Waals surface area (Å²) in [5.74, 6) is 1.78. The topological polar surface area (TPSA) is 38.1 Å². The monoisotopic (exact) mass is 295 g/mol. The van der Waals surface area contributed by atoms with Crippen LogP contribution in [0.2, 0.25) is 0 Å². The average Bonchev–Trinajstić information content (AvgIpc) is 3.10. The van der Waals surface area contributed by atoms with Crippen LogP contribution in [0.3, 0.4) is 0 Å². The van der Waals surface area contributed by atoms with Crippen molar-refractivity contribution in [3.8, 4) is 0 Å². The van der Waals surface area contributed by atoms with Crippen molar-refractivity contribution in [3.63, 3.8) is 0 Å². The average molecular weight is 296 g/mol. The molecule has 1 unspecified atom stereocenters. The number of hydrogen-bond donors (Lipinski definition) is 0. The number of aromatic nitrogens is 2. The summed E-state index contributed by atoms with van der Waals surface area (Å²) >= 11 is 7.55. The highest BCUT2D eigenvalue weighted by Gasteiger charge is 2.31. The van der Waals surface area contributed by atoms with Gasteiger partial charge in [-0.1, -0.05) is 6.07 Å². The molecule has 0 bridgehead atoms. The maximum absolute atomic E-state index is 12.0. The van der Waals surface area contributed by atoms with E-state index < -0.39 is 0 Å². The molecule has 0 N–H and O–H groups in total. The van der Waals surface area contributed by atoms with Crippen molar-refractivity contribution in [1.29, 1.82) is 0 Å². The summed E-state index contributed by atoms with van der Waals surface area (Å²) in [5.41, 5.74) is 0. The van der Waals surface area contributed by atoms with Crippen LogP contribution >= 0.6 is 22.9 Å². The Kier molecular flexibility index (Phi) is 3.57. The Morgan fingerprint density at radius 1 is 1.47 bits per heavy atom. The Hall–Kier alpha value is -1.33. The zero-order valence-electron chi connectivity index (χ0n) is 10.3. The van der Waals surface area contributed by atoms with E-state index in [2.05, 4.69) is 11.2 Å². The van der Waals surface area contributed by atoms with Crippen LogP contribution in [0.4, 0.5) is 5.82 Å². The first kappa shape index (κ1) is 12.7. The van der Waals surface area contributed by atoms with Crippen LogP contribution in [-0.4, -0.2) is 28.1 Å². The zero-order chi connectivity index (χ0) is 13.2. The van der Waals surface area contributed by atoms with Crippen molar-refractivity contribution in [2.24, 2.45) is 5.92 Å². The number of anilines is 1. The number of amides is 1. The highest BCUT2D eigenvalue weighted by Crippen LogP contribution is 2.26. The Morgan fingerprint density at radius 2 is 2.37 bits per heavy atom. The van der Waals surface area contributed by atoms with Gasteiger partial charge in [-0.15, -0.1) is 22.9 Å². The summed E-state index contributed by atoms with van der Waals surface area (Å²) in [5, 5.41) is 6.36. The fraction of sp³-hybridized carbons (Fsp3) is 0.385. The minimum atomic E-state index is 0.138. The van der Waals surface area contributed by atoms with E-state index in [1.807, 2.05) is 22.2 Å². The molecule has 1 saturated heterocycles. The van der Waals surface area contributed by atoms with E-state index in [0.717, 1.165) is 5.82 Å². The Morgan fingerprint density at radius 3 is 3.05 bits per heavy atom. The molecule has 1 atom stereocenters. The van der Waals surface area contributed by atoms with Crippen LogP contribution in [0.25, 0.3) is 0 Å². The van der Waals surface area contributed by atoms with Crippen molar-refractivity contribution in [2.75, 3.05) is 17.3 Å². The number of nitrogens with zero attached hydrogens (tertiary/aromatic N) is 3. The molecular weight excluding hydrogens is 282 g/mol. The molecule has 4 nitrogen and oxygen atoms in total. The summed E-state index contributed by atoms with van der Waals surface area (Å²) in [6.07, 6.45) is 2.28. The van der Waals surface area contributed by atoms with E-state index in [9.17, 15) is 4.79 Å². The lowest BCUT2D eigenvalue weighted by molar-refractivity contribution is -0.117. The number of hydrogen-bond acceptors (Lipinski definition) is 3. The van der Waals surface area contributed by atoms with Gasteiger partial charge in [-0.25, -0.2) is 4.68 Å². The molecule has 0 aromatic carbocycles. The molecule has 19 heavy (non-hydrogen) atoms. The lowest BCUT2D eigenvalue weighted by Crippen LogP contribution is -2.27. The van der Waals surface area contributed by atoms with Gasteiger partial charge in [0.15, 0.2) is 0 Å². The molecule has 3 heterocycles. The summed E-state index contributed by atoms with van der Waals surface area (Å²) < 4.78 is 1.88. The lowest BCUT2D eigenvalue weighted by atomic mass is 10.1. The van der Waals surface area contributed by atoms with Gasteiger partial charge in [0.25, 0.3) is 0 Å². The highest BCUT2D eigenvalue weighted by atomic mass is 35.5. The molecule has 6 heteroatoms. The van der Waals surface area contributed by atoms with E-state index in [4.69, 9.17) is 11.6 Å². The number of halogens is 1. The van der Waals surface area contributed by atoms with Gasteiger partial charge in [0.1, 0.15) is 5.82 Å². The molecule has 100 valence electrons. The second-order valence-corrected chi connectivity index (χ2v) is 6.00. The second kappa shape index (κ2) is 5.35. The molecule has 2 aromatic heterocycles. The number of thiophene rings is 1. The zero-order valence-corrected chi connectivity index (χ0v) is 11.9. The van der Waals surface area contributed by atoms with Crippen LogP contribution < -0.4 is 4.90 Å². The van der Waals surface area contributed by atoms with Crippen molar-refractivity contribution in [1.82, 2.24) is 9.78 Å². The third kappa shape index (κ3) is 2.53. The van der Waals surface area contributed by atoms with Crippen molar-refractivity contribution < 1.29 is 4.79 Å². The van der Waals surface area contributed by atoms with Gasteiger partial charge in [-0.3, -0.25) is 9.69 Å². The maximum Gasteiger partial charge on any atom is 0.228 e. The molecule has 2 aromatic rings. The SMILES string of the molecule is O=C1CC(CCl)CN1c1ccnn1Cc1cccs1. The summed E-state index contributed by atoms with van der Waals surface area (Å²) in [7, 11) is 0. The van der Waals surface area contributed by atoms with Gasteiger partial charge in [0.2, 0.25) is 5.91 Å². The molecule has 0 spiro atoms. The maximum atomic E-state index is 12.0. The molecule has 1 fully saturated rings. The fourth-order valence-corrected chi connectivity index (χ4v) is 3.23. The smallest absolute Gasteiger partial charge is 0.228 e. The van der Waals surface area contributed by atoms with E-state index in [1.54, 1.807) is 22.4 Å². The molecule has 0 radical (unpaired) electrons. The van der Waals surface area contributed by atoms with Gasteiger partial charge in [-0.05, 0) is 17.4 Å².